The molecule has 3 rings (SSSR count). The largest absolute Gasteiger partial charge is 0.388 e. The molecule has 0 radical (unpaired) electrons. The van der Waals surface area contributed by atoms with Crippen molar-refractivity contribution in [2.45, 2.75) is 51.9 Å². The van der Waals surface area contributed by atoms with E-state index >= 15 is 0 Å². The highest BCUT2D eigenvalue weighted by atomic mass is 14.8. The first kappa shape index (κ1) is 15.1. The minimum atomic E-state index is 0.575. The molecule has 116 valence electrons. The highest BCUT2D eigenvalue weighted by Gasteiger charge is 2.18. The molecule has 0 amide bonds. The Morgan fingerprint density at radius 1 is 1.14 bits per heavy atom. The van der Waals surface area contributed by atoms with Crippen molar-refractivity contribution in [1.29, 1.82) is 0 Å². The summed E-state index contributed by atoms with van der Waals surface area (Å²) in [6, 6.07) is 13.9. The minimum Gasteiger partial charge on any atom is -0.388 e. The molecule has 1 N–H and O–H groups in total. The fourth-order valence-electron chi connectivity index (χ4n) is 3.58. The second kappa shape index (κ2) is 6.16. The molecular formula is C21H27N. The lowest BCUT2D eigenvalue weighted by Gasteiger charge is -2.14. The summed E-state index contributed by atoms with van der Waals surface area (Å²) in [6.45, 7) is 6.86. The van der Waals surface area contributed by atoms with Crippen LogP contribution in [0.25, 0.3) is 0 Å². The molecule has 1 aliphatic carbocycles. The predicted octanol–water partition coefficient (Wildman–Crippen LogP) is 5.49. The Balaban J connectivity index is 1.91. The van der Waals surface area contributed by atoms with E-state index in [2.05, 4.69) is 62.5 Å². The Labute approximate surface area is 134 Å². The number of aryl methyl sites for hydroxylation is 1. The zero-order valence-corrected chi connectivity index (χ0v) is 14.2. The SMILES string of the molecule is CNc1ccc(C(C)C)cc1Cc1ccc2c(c1)CCC2C. The van der Waals surface area contributed by atoms with Gasteiger partial charge in [-0.1, -0.05) is 51.1 Å². The summed E-state index contributed by atoms with van der Waals surface area (Å²) in [5.41, 5.74) is 8.64. The van der Waals surface area contributed by atoms with E-state index in [1.54, 1.807) is 11.1 Å². The van der Waals surface area contributed by atoms with Gasteiger partial charge in [-0.2, -0.15) is 0 Å². The lowest BCUT2D eigenvalue weighted by atomic mass is 9.94. The van der Waals surface area contributed by atoms with Gasteiger partial charge in [0, 0.05) is 12.7 Å². The normalized spacial score (nSPS) is 16.9. The van der Waals surface area contributed by atoms with Gasteiger partial charge in [0.05, 0.1) is 0 Å². The highest BCUT2D eigenvalue weighted by Crippen LogP contribution is 2.34. The van der Waals surface area contributed by atoms with Crippen LogP contribution >= 0.6 is 0 Å². The number of anilines is 1. The second-order valence-electron chi connectivity index (χ2n) is 6.97. The van der Waals surface area contributed by atoms with E-state index in [0.717, 1.165) is 12.3 Å². The average Bonchev–Trinajstić information content (AvgIpc) is 2.88. The monoisotopic (exact) mass is 293 g/mol. The average molecular weight is 293 g/mol. The van der Waals surface area contributed by atoms with Crippen molar-refractivity contribution in [2.75, 3.05) is 12.4 Å². The van der Waals surface area contributed by atoms with Gasteiger partial charge in [0.2, 0.25) is 0 Å². The zero-order valence-electron chi connectivity index (χ0n) is 14.2. The molecule has 0 saturated heterocycles. The van der Waals surface area contributed by atoms with E-state index in [1.807, 2.05) is 7.05 Å². The van der Waals surface area contributed by atoms with E-state index in [-0.39, 0.29) is 0 Å². The van der Waals surface area contributed by atoms with E-state index in [4.69, 9.17) is 0 Å². The van der Waals surface area contributed by atoms with Crippen LogP contribution in [0.3, 0.4) is 0 Å². The number of hydrogen-bond donors (Lipinski definition) is 1. The second-order valence-corrected chi connectivity index (χ2v) is 6.97. The molecule has 1 unspecified atom stereocenters. The molecule has 0 heterocycles. The molecule has 0 aliphatic heterocycles. The molecule has 0 fully saturated rings. The third kappa shape index (κ3) is 2.90. The van der Waals surface area contributed by atoms with Crippen LogP contribution in [0.2, 0.25) is 0 Å². The quantitative estimate of drug-likeness (QED) is 0.785. The molecule has 2 aromatic carbocycles. The summed E-state index contributed by atoms with van der Waals surface area (Å²) in [5.74, 6) is 1.31. The fourth-order valence-corrected chi connectivity index (χ4v) is 3.58. The van der Waals surface area contributed by atoms with Gasteiger partial charge in [0.25, 0.3) is 0 Å². The Kier molecular flexibility index (Phi) is 4.24. The summed E-state index contributed by atoms with van der Waals surface area (Å²) in [5, 5.41) is 3.34. The van der Waals surface area contributed by atoms with Gasteiger partial charge in [-0.25, -0.2) is 0 Å². The number of rotatable bonds is 4. The van der Waals surface area contributed by atoms with Crippen molar-refractivity contribution < 1.29 is 0 Å². The highest BCUT2D eigenvalue weighted by molar-refractivity contribution is 5.55. The van der Waals surface area contributed by atoms with Crippen molar-refractivity contribution in [3.05, 3.63) is 64.2 Å². The van der Waals surface area contributed by atoms with E-state index in [9.17, 15) is 0 Å². The number of benzene rings is 2. The summed E-state index contributed by atoms with van der Waals surface area (Å²) in [6.07, 6.45) is 3.57. The van der Waals surface area contributed by atoms with E-state index in [0.29, 0.717) is 5.92 Å². The topological polar surface area (TPSA) is 12.0 Å². The number of nitrogens with one attached hydrogen (secondary N) is 1. The van der Waals surface area contributed by atoms with Crippen molar-refractivity contribution >= 4 is 5.69 Å². The van der Waals surface area contributed by atoms with Crippen LogP contribution in [0.15, 0.2) is 36.4 Å². The zero-order chi connectivity index (χ0) is 15.7. The molecule has 0 spiro atoms. The lowest BCUT2D eigenvalue weighted by Crippen LogP contribution is -2.00. The molecule has 1 aliphatic rings. The maximum absolute atomic E-state index is 3.34. The predicted molar refractivity (Wildman–Crippen MR) is 96.1 cm³/mol. The molecule has 0 saturated carbocycles. The Morgan fingerprint density at radius 2 is 1.95 bits per heavy atom. The third-order valence-electron chi connectivity index (χ3n) is 5.04. The van der Waals surface area contributed by atoms with Gasteiger partial charge in [-0.15, -0.1) is 0 Å². The summed E-state index contributed by atoms with van der Waals surface area (Å²) in [4.78, 5) is 0. The molecule has 0 aromatic heterocycles. The molecule has 1 nitrogen and oxygen atoms in total. The van der Waals surface area contributed by atoms with Crippen LogP contribution in [0, 0.1) is 0 Å². The van der Waals surface area contributed by atoms with Crippen LogP contribution in [0.4, 0.5) is 5.69 Å². The van der Waals surface area contributed by atoms with E-state index in [1.165, 1.54) is 35.2 Å². The third-order valence-corrected chi connectivity index (χ3v) is 5.04. The van der Waals surface area contributed by atoms with Gasteiger partial charge in [0.1, 0.15) is 0 Å². The smallest absolute Gasteiger partial charge is 0.0373 e. The fraction of sp³-hybridized carbons (Fsp3) is 0.429. The summed E-state index contributed by atoms with van der Waals surface area (Å²) in [7, 11) is 2.01. The van der Waals surface area contributed by atoms with E-state index < -0.39 is 0 Å². The molecule has 1 heteroatoms. The Bertz CT molecular complexity index is 670. The number of fused-ring (bicyclic) bond motifs is 1. The van der Waals surface area contributed by atoms with Gasteiger partial charge in [0.15, 0.2) is 0 Å². The Hall–Kier alpha value is -1.76. The van der Waals surface area contributed by atoms with Crippen LogP contribution < -0.4 is 5.32 Å². The molecule has 2 aromatic rings. The minimum absolute atomic E-state index is 0.575. The number of hydrogen-bond acceptors (Lipinski definition) is 1. The summed E-state index contributed by atoms with van der Waals surface area (Å²) >= 11 is 0. The molecule has 1 atom stereocenters. The maximum Gasteiger partial charge on any atom is 0.0373 e. The van der Waals surface area contributed by atoms with Crippen molar-refractivity contribution in [1.82, 2.24) is 0 Å². The summed E-state index contributed by atoms with van der Waals surface area (Å²) < 4.78 is 0. The Morgan fingerprint density at radius 3 is 2.68 bits per heavy atom. The first-order valence-corrected chi connectivity index (χ1v) is 8.50. The van der Waals surface area contributed by atoms with Gasteiger partial charge in [-0.05, 0) is 65.0 Å². The van der Waals surface area contributed by atoms with Crippen LogP contribution in [-0.4, -0.2) is 7.05 Å². The van der Waals surface area contributed by atoms with Crippen molar-refractivity contribution in [3.63, 3.8) is 0 Å². The van der Waals surface area contributed by atoms with Gasteiger partial charge in [-0.3, -0.25) is 0 Å². The standard InChI is InChI=1S/C21H27N/c1-14(2)17-8-10-21(22-4)19(13-17)12-16-6-9-20-15(3)5-7-18(20)11-16/h6,8-11,13-15,22H,5,7,12H2,1-4H3. The van der Waals surface area contributed by atoms with Crippen LogP contribution in [-0.2, 0) is 12.8 Å². The lowest BCUT2D eigenvalue weighted by molar-refractivity contribution is 0.747. The molecule has 0 bridgehead atoms. The van der Waals surface area contributed by atoms with Crippen LogP contribution in [0.1, 0.15) is 66.8 Å². The molecule has 22 heavy (non-hydrogen) atoms. The maximum atomic E-state index is 3.34. The molecular weight excluding hydrogens is 266 g/mol. The first-order valence-electron chi connectivity index (χ1n) is 8.50. The van der Waals surface area contributed by atoms with Crippen molar-refractivity contribution in [2.24, 2.45) is 0 Å². The van der Waals surface area contributed by atoms with Gasteiger partial charge < -0.3 is 5.32 Å². The van der Waals surface area contributed by atoms with Crippen LogP contribution in [0.5, 0.6) is 0 Å². The van der Waals surface area contributed by atoms with Crippen molar-refractivity contribution in [3.8, 4) is 0 Å². The first-order chi connectivity index (χ1) is 10.6. The van der Waals surface area contributed by atoms with Gasteiger partial charge >= 0.3 is 0 Å².